The summed E-state index contributed by atoms with van der Waals surface area (Å²) in [5, 5.41) is 13.6. The molecule has 148 valence electrons. The van der Waals surface area contributed by atoms with Gasteiger partial charge in [0.1, 0.15) is 5.75 Å². The van der Waals surface area contributed by atoms with Crippen molar-refractivity contribution in [3.8, 4) is 5.75 Å². The van der Waals surface area contributed by atoms with Gasteiger partial charge in [-0.15, -0.1) is 0 Å². The van der Waals surface area contributed by atoms with Crippen LogP contribution in [0.3, 0.4) is 0 Å². The maximum absolute atomic E-state index is 12.2. The van der Waals surface area contributed by atoms with Gasteiger partial charge in [-0.1, -0.05) is 38.1 Å². The zero-order valence-corrected chi connectivity index (χ0v) is 16.2. The van der Waals surface area contributed by atoms with Crippen LogP contribution in [0.15, 0.2) is 42.5 Å². The van der Waals surface area contributed by atoms with Gasteiger partial charge in [-0.3, -0.25) is 19.7 Å². The van der Waals surface area contributed by atoms with Gasteiger partial charge in [0, 0.05) is 12.1 Å². The number of benzene rings is 2. The molecule has 0 aromatic heterocycles. The lowest BCUT2D eigenvalue weighted by Gasteiger charge is -2.16. The third-order valence-corrected chi connectivity index (χ3v) is 4.19. The lowest BCUT2D eigenvalue weighted by molar-refractivity contribution is -0.384. The second-order valence-electron chi connectivity index (χ2n) is 7.01. The molecule has 0 aliphatic rings. The monoisotopic (exact) mass is 384 g/mol. The van der Waals surface area contributed by atoms with Gasteiger partial charge in [0.15, 0.2) is 12.9 Å². The molecule has 1 atom stereocenters. The molecule has 0 spiro atoms. The van der Waals surface area contributed by atoms with Gasteiger partial charge in [-0.05, 0) is 36.5 Å². The molecule has 0 fully saturated rings. The first-order valence-corrected chi connectivity index (χ1v) is 9.04. The smallest absolute Gasteiger partial charge is 0.270 e. The summed E-state index contributed by atoms with van der Waals surface area (Å²) in [6, 6.07) is 11.5. The number of nitro groups is 1. The third-order valence-electron chi connectivity index (χ3n) is 4.19. The van der Waals surface area contributed by atoms with Crippen molar-refractivity contribution in [2.24, 2.45) is 5.92 Å². The van der Waals surface area contributed by atoms with Crippen molar-refractivity contribution >= 4 is 17.9 Å². The first kappa shape index (κ1) is 21.1. The van der Waals surface area contributed by atoms with Crippen molar-refractivity contribution in [2.45, 2.75) is 33.2 Å². The lowest BCUT2D eigenvalue weighted by atomic mass is 10.00. The number of amides is 1. The predicted octanol–water partition coefficient (Wildman–Crippen LogP) is 3.86. The Hall–Kier alpha value is -3.22. The minimum atomic E-state index is -0.600. The first-order valence-electron chi connectivity index (χ1n) is 9.04. The van der Waals surface area contributed by atoms with E-state index in [0.717, 1.165) is 18.1 Å². The van der Waals surface area contributed by atoms with Crippen LogP contribution < -0.4 is 10.1 Å². The zero-order valence-electron chi connectivity index (χ0n) is 16.2. The molecule has 2 aromatic rings. The molecule has 7 heteroatoms. The van der Waals surface area contributed by atoms with Crippen molar-refractivity contribution in [3.05, 3.63) is 69.3 Å². The summed E-state index contributed by atoms with van der Waals surface area (Å²) in [6.07, 6.45) is 1.46. The molecule has 0 saturated heterocycles. The molecule has 1 N–H and O–H groups in total. The number of carbonyl (C=O) groups excluding carboxylic acids is 2. The standard InChI is InChI=1S/C21H24N2O5/c1-14(2)10-16-4-6-17(7-5-16)15(3)22-21(25)13-28-20-9-8-19(23(26)27)11-18(20)12-24/h4-9,11-12,14-15H,10,13H2,1-3H3,(H,22,25)/t15-/m1/s1. The maximum atomic E-state index is 12.2. The second-order valence-corrected chi connectivity index (χ2v) is 7.01. The van der Waals surface area contributed by atoms with Gasteiger partial charge >= 0.3 is 0 Å². The third kappa shape index (κ3) is 5.90. The van der Waals surface area contributed by atoms with Crippen molar-refractivity contribution < 1.29 is 19.2 Å². The Balaban J connectivity index is 1.93. The summed E-state index contributed by atoms with van der Waals surface area (Å²) in [7, 11) is 0. The van der Waals surface area contributed by atoms with Gasteiger partial charge in [-0.25, -0.2) is 0 Å². The van der Waals surface area contributed by atoms with Crippen molar-refractivity contribution in [1.29, 1.82) is 0 Å². The van der Waals surface area contributed by atoms with Crippen LogP contribution in [0, 0.1) is 16.0 Å². The highest BCUT2D eigenvalue weighted by Crippen LogP contribution is 2.23. The fraction of sp³-hybridized carbons (Fsp3) is 0.333. The molecule has 7 nitrogen and oxygen atoms in total. The van der Waals surface area contributed by atoms with E-state index in [0.29, 0.717) is 12.2 Å². The molecule has 0 aliphatic carbocycles. The second kappa shape index (κ2) is 9.64. The minimum Gasteiger partial charge on any atom is -0.483 e. The number of carbonyl (C=O) groups is 2. The molecule has 0 unspecified atom stereocenters. The highest BCUT2D eigenvalue weighted by atomic mass is 16.6. The number of non-ortho nitro benzene ring substituents is 1. The largest absolute Gasteiger partial charge is 0.483 e. The Morgan fingerprint density at radius 2 is 1.86 bits per heavy atom. The van der Waals surface area contributed by atoms with E-state index in [-0.39, 0.29) is 35.6 Å². The molecular formula is C21H24N2O5. The highest BCUT2D eigenvalue weighted by Gasteiger charge is 2.14. The Morgan fingerprint density at radius 3 is 2.43 bits per heavy atom. The summed E-state index contributed by atoms with van der Waals surface area (Å²) in [6.45, 7) is 5.90. The molecule has 0 aliphatic heterocycles. The maximum Gasteiger partial charge on any atom is 0.270 e. The van der Waals surface area contributed by atoms with E-state index in [9.17, 15) is 19.7 Å². The molecule has 0 saturated carbocycles. The Bertz CT molecular complexity index is 846. The Morgan fingerprint density at radius 1 is 1.18 bits per heavy atom. The highest BCUT2D eigenvalue weighted by molar-refractivity contribution is 5.82. The summed E-state index contributed by atoms with van der Waals surface area (Å²) in [4.78, 5) is 33.4. The van der Waals surface area contributed by atoms with E-state index in [1.54, 1.807) is 0 Å². The van der Waals surface area contributed by atoms with E-state index < -0.39 is 4.92 Å². The fourth-order valence-electron chi connectivity index (χ4n) is 2.80. The molecular weight excluding hydrogens is 360 g/mol. The van der Waals surface area contributed by atoms with E-state index in [4.69, 9.17) is 4.74 Å². The summed E-state index contributed by atoms with van der Waals surface area (Å²) < 4.78 is 5.36. The predicted molar refractivity (Wildman–Crippen MR) is 106 cm³/mol. The average Bonchev–Trinajstić information content (AvgIpc) is 2.66. The number of aldehydes is 1. The van der Waals surface area contributed by atoms with Crippen LogP contribution in [-0.4, -0.2) is 23.7 Å². The number of hydrogen-bond acceptors (Lipinski definition) is 5. The number of ether oxygens (including phenoxy) is 1. The van der Waals surface area contributed by atoms with Crippen LogP contribution in [0.1, 0.15) is 48.3 Å². The molecule has 0 bridgehead atoms. The molecule has 0 heterocycles. The van der Waals surface area contributed by atoms with Crippen molar-refractivity contribution in [1.82, 2.24) is 5.32 Å². The number of rotatable bonds is 9. The lowest BCUT2D eigenvalue weighted by Crippen LogP contribution is -2.31. The quantitative estimate of drug-likeness (QED) is 0.402. The molecule has 0 radical (unpaired) electrons. The molecule has 2 aromatic carbocycles. The Labute approximate surface area is 163 Å². The average molecular weight is 384 g/mol. The van der Waals surface area contributed by atoms with Crippen LogP contribution >= 0.6 is 0 Å². The normalized spacial score (nSPS) is 11.7. The van der Waals surface area contributed by atoms with Crippen molar-refractivity contribution in [3.63, 3.8) is 0 Å². The van der Waals surface area contributed by atoms with E-state index >= 15 is 0 Å². The summed E-state index contributed by atoms with van der Waals surface area (Å²) >= 11 is 0. The van der Waals surface area contributed by atoms with Crippen LogP contribution in [-0.2, 0) is 11.2 Å². The van der Waals surface area contributed by atoms with Crippen molar-refractivity contribution in [2.75, 3.05) is 6.61 Å². The van der Waals surface area contributed by atoms with Gasteiger partial charge in [0.2, 0.25) is 0 Å². The first-order chi connectivity index (χ1) is 13.3. The molecule has 28 heavy (non-hydrogen) atoms. The molecule has 2 rings (SSSR count). The Kier molecular flexibility index (Phi) is 7.26. The zero-order chi connectivity index (χ0) is 20.7. The van der Waals surface area contributed by atoms with E-state index in [1.165, 1.54) is 17.7 Å². The topological polar surface area (TPSA) is 98.5 Å². The number of nitrogens with one attached hydrogen (secondary N) is 1. The summed E-state index contributed by atoms with van der Waals surface area (Å²) in [5.74, 6) is 0.353. The van der Waals surface area contributed by atoms with E-state index in [2.05, 4.69) is 31.3 Å². The van der Waals surface area contributed by atoms with E-state index in [1.807, 2.05) is 19.1 Å². The van der Waals surface area contributed by atoms with Crippen LogP contribution in [0.25, 0.3) is 0 Å². The number of nitrogens with zero attached hydrogens (tertiary/aromatic N) is 1. The van der Waals surface area contributed by atoms with Gasteiger partial charge in [0.25, 0.3) is 11.6 Å². The molecule has 1 amide bonds. The van der Waals surface area contributed by atoms with Crippen LogP contribution in [0.2, 0.25) is 0 Å². The van der Waals surface area contributed by atoms with Gasteiger partial charge in [0.05, 0.1) is 16.5 Å². The minimum absolute atomic E-state index is 0.0239. The van der Waals surface area contributed by atoms with Crippen LogP contribution in [0.5, 0.6) is 5.75 Å². The number of hydrogen-bond donors (Lipinski definition) is 1. The SMILES string of the molecule is CC(C)Cc1ccc([C@@H](C)NC(=O)COc2ccc([N+](=O)[O-])cc2C=O)cc1. The van der Waals surface area contributed by atoms with Gasteiger partial charge < -0.3 is 10.1 Å². The summed E-state index contributed by atoms with van der Waals surface area (Å²) in [5.41, 5.74) is 2.04. The fourth-order valence-corrected chi connectivity index (χ4v) is 2.80. The van der Waals surface area contributed by atoms with Crippen LogP contribution in [0.4, 0.5) is 5.69 Å². The van der Waals surface area contributed by atoms with Gasteiger partial charge in [-0.2, -0.15) is 0 Å². The number of nitro benzene ring substituents is 1.